The maximum atomic E-state index is 11.8. The van der Waals surface area contributed by atoms with E-state index in [1.807, 2.05) is 0 Å². The second-order valence-electron chi connectivity index (χ2n) is 7.07. The molecule has 0 amide bonds. The minimum atomic E-state index is -4.34. The smallest absolute Gasteiger partial charge is 0.294 e. The Hall–Kier alpha value is -2.05. The molecular weight excluding hydrogens is 376 g/mol. The second kappa shape index (κ2) is 11.1. The molecule has 0 aromatic heterocycles. The van der Waals surface area contributed by atoms with Crippen LogP contribution in [0, 0.1) is 0 Å². The van der Waals surface area contributed by atoms with Crippen molar-refractivity contribution in [1.82, 2.24) is 0 Å². The van der Waals surface area contributed by atoms with Crippen LogP contribution in [-0.4, -0.2) is 18.1 Å². The van der Waals surface area contributed by atoms with Crippen molar-refractivity contribution < 1.29 is 22.8 Å². The van der Waals surface area contributed by atoms with Crippen molar-refractivity contribution >= 4 is 10.1 Å². The van der Waals surface area contributed by atoms with E-state index in [1.54, 1.807) is 24.3 Å². The summed E-state index contributed by atoms with van der Waals surface area (Å²) in [6.45, 7) is 2.20. The molecule has 0 unspecified atom stereocenters. The molecule has 0 radical (unpaired) electrons. The maximum Gasteiger partial charge on any atom is 0.294 e. The van der Waals surface area contributed by atoms with Crippen LogP contribution in [0.3, 0.4) is 0 Å². The third-order valence-electron chi connectivity index (χ3n) is 4.67. The number of unbranched alkanes of at least 4 members (excludes halogenated alkanes) is 7. The van der Waals surface area contributed by atoms with Crippen LogP contribution in [0.25, 0.3) is 0 Å². The predicted octanol–water partition coefficient (Wildman–Crippen LogP) is 6.11. The van der Waals surface area contributed by atoms with Crippen molar-refractivity contribution in [2.45, 2.75) is 69.6 Å². The molecular formula is C22H30O5S. The lowest BCUT2D eigenvalue weighted by atomic mass is 10.0. The first-order chi connectivity index (χ1) is 13.4. The van der Waals surface area contributed by atoms with E-state index in [2.05, 4.69) is 6.92 Å². The number of aryl methyl sites for hydroxylation is 1. The van der Waals surface area contributed by atoms with E-state index >= 15 is 0 Å². The number of ether oxygens (including phenoxy) is 1. The quantitative estimate of drug-likeness (QED) is 0.328. The van der Waals surface area contributed by atoms with Crippen LogP contribution in [0.4, 0.5) is 0 Å². The normalized spacial score (nSPS) is 11.5. The van der Waals surface area contributed by atoms with Crippen LogP contribution in [0.1, 0.15) is 63.9 Å². The SMILES string of the molecule is CCCCCCCCCCc1ccc(Oc2cccc(O)c2)cc1S(=O)(=O)O. The fourth-order valence-electron chi connectivity index (χ4n) is 3.18. The van der Waals surface area contributed by atoms with Gasteiger partial charge in [-0.1, -0.05) is 64.0 Å². The summed E-state index contributed by atoms with van der Waals surface area (Å²) in [6.07, 6.45) is 9.93. The van der Waals surface area contributed by atoms with Crippen LogP contribution < -0.4 is 4.74 Å². The molecule has 0 aliphatic heterocycles. The summed E-state index contributed by atoms with van der Waals surface area (Å²) in [7, 11) is -4.34. The largest absolute Gasteiger partial charge is 0.508 e. The van der Waals surface area contributed by atoms with Crippen molar-refractivity contribution in [3.63, 3.8) is 0 Å². The number of rotatable bonds is 12. The van der Waals surface area contributed by atoms with Gasteiger partial charge in [0.05, 0.1) is 0 Å². The molecule has 0 saturated heterocycles. The lowest BCUT2D eigenvalue weighted by Gasteiger charge is -2.11. The molecule has 0 bridgehead atoms. The van der Waals surface area contributed by atoms with Gasteiger partial charge in [-0.25, -0.2) is 0 Å². The summed E-state index contributed by atoms with van der Waals surface area (Å²) in [5, 5.41) is 9.50. The molecule has 5 nitrogen and oxygen atoms in total. The fourth-order valence-corrected chi connectivity index (χ4v) is 3.94. The highest BCUT2D eigenvalue weighted by molar-refractivity contribution is 7.85. The van der Waals surface area contributed by atoms with E-state index in [1.165, 1.54) is 50.3 Å². The zero-order chi connectivity index (χ0) is 20.4. The molecule has 0 aliphatic rings. The summed E-state index contributed by atoms with van der Waals surface area (Å²) < 4.78 is 38.8. The number of phenols is 1. The standard InChI is InChI=1S/C22H30O5S/c1-2-3-4-5-6-7-8-9-11-18-14-15-21(17-22(18)28(24,25)26)27-20-13-10-12-19(23)16-20/h10,12-17,23H,2-9,11H2,1H3,(H,24,25,26). The summed E-state index contributed by atoms with van der Waals surface area (Å²) in [4.78, 5) is -0.118. The van der Waals surface area contributed by atoms with E-state index in [4.69, 9.17) is 4.74 Å². The molecule has 2 rings (SSSR count). The lowest BCUT2D eigenvalue weighted by Crippen LogP contribution is -2.04. The Morgan fingerprint density at radius 1 is 0.857 bits per heavy atom. The van der Waals surface area contributed by atoms with Crippen molar-refractivity contribution in [1.29, 1.82) is 0 Å². The van der Waals surface area contributed by atoms with E-state index < -0.39 is 10.1 Å². The lowest BCUT2D eigenvalue weighted by molar-refractivity contribution is 0.452. The minimum absolute atomic E-state index is 0.0545. The van der Waals surface area contributed by atoms with Crippen LogP contribution >= 0.6 is 0 Å². The van der Waals surface area contributed by atoms with Gasteiger partial charge in [0.1, 0.15) is 22.1 Å². The third kappa shape index (κ3) is 7.52. The Kier molecular flexibility index (Phi) is 8.80. The molecule has 28 heavy (non-hydrogen) atoms. The van der Waals surface area contributed by atoms with Crippen LogP contribution in [0.2, 0.25) is 0 Å². The third-order valence-corrected chi connectivity index (χ3v) is 5.61. The first-order valence-corrected chi connectivity index (χ1v) is 11.4. The summed E-state index contributed by atoms with van der Waals surface area (Å²) in [5.41, 5.74) is 0.594. The predicted molar refractivity (Wildman–Crippen MR) is 111 cm³/mol. The van der Waals surface area contributed by atoms with Gasteiger partial charge in [0.2, 0.25) is 0 Å². The van der Waals surface area contributed by atoms with Gasteiger partial charge >= 0.3 is 0 Å². The minimum Gasteiger partial charge on any atom is -0.508 e. The number of phenolic OH excluding ortho intramolecular Hbond substituents is 1. The average molecular weight is 407 g/mol. The molecule has 6 heteroatoms. The number of hydrogen-bond donors (Lipinski definition) is 2. The Morgan fingerprint density at radius 2 is 1.50 bits per heavy atom. The first kappa shape index (κ1) is 22.2. The zero-order valence-corrected chi connectivity index (χ0v) is 17.2. The van der Waals surface area contributed by atoms with Crippen molar-refractivity contribution in [2.24, 2.45) is 0 Å². The van der Waals surface area contributed by atoms with E-state index in [9.17, 15) is 18.1 Å². The molecule has 2 N–H and O–H groups in total. The average Bonchev–Trinajstić information content (AvgIpc) is 2.64. The van der Waals surface area contributed by atoms with Crippen LogP contribution in [-0.2, 0) is 16.5 Å². The molecule has 2 aromatic rings. The van der Waals surface area contributed by atoms with Crippen molar-refractivity contribution in [2.75, 3.05) is 0 Å². The molecule has 2 aromatic carbocycles. The van der Waals surface area contributed by atoms with Gasteiger partial charge in [-0.2, -0.15) is 8.42 Å². The summed E-state index contributed by atoms with van der Waals surface area (Å²) in [5.74, 6) is 0.730. The van der Waals surface area contributed by atoms with Gasteiger partial charge in [0.15, 0.2) is 0 Å². The van der Waals surface area contributed by atoms with Gasteiger partial charge in [0, 0.05) is 12.1 Å². The topological polar surface area (TPSA) is 83.8 Å². The number of benzene rings is 2. The van der Waals surface area contributed by atoms with E-state index in [-0.39, 0.29) is 16.4 Å². The summed E-state index contributed by atoms with van der Waals surface area (Å²) in [6, 6.07) is 10.9. The first-order valence-electron chi connectivity index (χ1n) is 9.97. The van der Waals surface area contributed by atoms with Gasteiger partial charge in [-0.3, -0.25) is 4.55 Å². The Bertz CT molecular complexity index is 846. The molecule has 0 saturated carbocycles. The molecule has 0 heterocycles. The zero-order valence-electron chi connectivity index (χ0n) is 16.4. The van der Waals surface area contributed by atoms with E-state index in [0.29, 0.717) is 17.7 Å². The Morgan fingerprint density at radius 3 is 2.14 bits per heavy atom. The Balaban J connectivity index is 1.97. The highest BCUT2D eigenvalue weighted by Gasteiger charge is 2.17. The van der Waals surface area contributed by atoms with Crippen molar-refractivity contribution in [3.8, 4) is 17.2 Å². The fraction of sp³-hybridized carbons (Fsp3) is 0.455. The monoisotopic (exact) mass is 406 g/mol. The Labute approximate surface area is 168 Å². The highest BCUT2D eigenvalue weighted by Crippen LogP contribution is 2.29. The van der Waals surface area contributed by atoms with Crippen molar-refractivity contribution in [3.05, 3.63) is 48.0 Å². The van der Waals surface area contributed by atoms with Gasteiger partial charge in [-0.05, 0) is 36.6 Å². The van der Waals surface area contributed by atoms with E-state index in [0.717, 1.165) is 19.3 Å². The molecule has 0 aliphatic carbocycles. The maximum absolute atomic E-state index is 11.8. The number of hydrogen-bond acceptors (Lipinski definition) is 4. The molecule has 0 spiro atoms. The number of aromatic hydroxyl groups is 1. The summed E-state index contributed by atoms with van der Waals surface area (Å²) >= 11 is 0. The van der Waals surface area contributed by atoms with Crippen LogP contribution in [0.5, 0.6) is 17.2 Å². The van der Waals surface area contributed by atoms with Gasteiger partial charge < -0.3 is 9.84 Å². The molecule has 0 atom stereocenters. The highest BCUT2D eigenvalue weighted by atomic mass is 32.2. The van der Waals surface area contributed by atoms with Crippen LogP contribution in [0.15, 0.2) is 47.4 Å². The van der Waals surface area contributed by atoms with Gasteiger partial charge in [0.25, 0.3) is 10.1 Å². The molecule has 154 valence electrons. The molecule has 0 fully saturated rings. The van der Waals surface area contributed by atoms with Gasteiger partial charge in [-0.15, -0.1) is 0 Å². The second-order valence-corrected chi connectivity index (χ2v) is 8.46.